The molecule has 0 aliphatic rings. The van der Waals surface area contributed by atoms with Gasteiger partial charge in [-0.05, 0) is 61.6 Å². The Bertz CT molecular complexity index is 1630. The fourth-order valence-electron chi connectivity index (χ4n) is 4.64. The molecule has 1 atom stereocenters. The van der Waals surface area contributed by atoms with Crippen molar-refractivity contribution in [3.63, 3.8) is 0 Å². The normalized spacial score (nSPS) is 12.1. The molecule has 0 bridgehead atoms. The van der Waals surface area contributed by atoms with E-state index in [1.54, 1.807) is 24.4 Å². The van der Waals surface area contributed by atoms with Crippen LogP contribution >= 0.6 is 0 Å². The number of carboxylic acid groups (broad SMARTS) is 1. The van der Waals surface area contributed by atoms with Gasteiger partial charge in [-0.2, -0.15) is 0 Å². The number of aromatic nitrogens is 1. The van der Waals surface area contributed by atoms with Gasteiger partial charge in [-0.1, -0.05) is 78.4 Å². The van der Waals surface area contributed by atoms with E-state index in [0.29, 0.717) is 12.8 Å². The van der Waals surface area contributed by atoms with Crippen LogP contribution in [0.3, 0.4) is 0 Å². The molecule has 10 heteroatoms. The quantitative estimate of drug-likeness (QED) is 0.202. The molecule has 4 rings (SSSR count). The highest BCUT2D eigenvalue weighted by molar-refractivity contribution is 7.89. The molecule has 9 nitrogen and oxygen atoms in total. The summed E-state index contributed by atoms with van der Waals surface area (Å²) in [7, 11) is -3.68. The number of amides is 1. The molecule has 0 aliphatic heterocycles. The average molecular weight is 588 g/mol. The Morgan fingerprint density at radius 1 is 0.833 bits per heavy atom. The maximum Gasteiger partial charge on any atom is 0.326 e. The minimum atomic E-state index is -3.68. The lowest BCUT2D eigenvalue weighted by molar-refractivity contribution is -0.139. The van der Waals surface area contributed by atoms with E-state index in [1.165, 1.54) is 22.8 Å². The topological polar surface area (TPSA) is 135 Å². The van der Waals surface area contributed by atoms with E-state index in [4.69, 9.17) is 0 Å². The lowest BCUT2D eigenvalue weighted by Crippen LogP contribution is -2.43. The fraction of sp³-hybridized carbons (Fsp3) is 0.219. The van der Waals surface area contributed by atoms with Crippen LogP contribution in [0.5, 0.6) is 0 Å². The minimum absolute atomic E-state index is 0.0605. The van der Waals surface area contributed by atoms with Crippen LogP contribution in [0.2, 0.25) is 0 Å². The molecule has 0 aliphatic carbocycles. The number of aryl methyl sites for hydroxylation is 1. The van der Waals surface area contributed by atoms with Gasteiger partial charge in [0.1, 0.15) is 11.6 Å². The third-order valence-corrected chi connectivity index (χ3v) is 8.35. The summed E-state index contributed by atoms with van der Waals surface area (Å²) in [5.41, 5.74) is 1.92. The molecule has 0 fully saturated rings. The highest BCUT2D eigenvalue weighted by atomic mass is 32.2. The molecule has 0 radical (unpaired) electrons. The van der Waals surface area contributed by atoms with Crippen molar-refractivity contribution in [2.75, 3.05) is 6.54 Å². The number of pyridine rings is 1. The molecule has 218 valence electrons. The highest BCUT2D eigenvalue weighted by Crippen LogP contribution is 2.25. The van der Waals surface area contributed by atoms with Crippen molar-refractivity contribution in [2.45, 2.75) is 43.2 Å². The predicted molar refractivity (Wildman–Crippen MR) is 160 cm³/mol. The van der Waals surface area contributed by atoms with Gasteiger partial charge >= 0.3 is 5.97 Å². The zero-order valence-corrected chi connectivity index (χ0v) is 24.0. The SMILES string of the molecule is Cc1ccc(S(=O)(=O)NCCCC[C@H](NC(=O)c2cccn(C(c3ccccc3)c3ccccc3)c2=O)C(=O)O)cc1. The number of carboxylic acids is 1. The molecule has 1 aromatic heterocycles. The monoisotopic (exact) mass is 587 g/mol. The summed E-state index contributed by atoms with van der Waals surface area (Å²) in [5, 5.41) is 12.2. The first-order valence-electron chi connectivity index (χ1n) is 13.6. The lowest BCUT2D eigenvalue weighted by atomic mass is 9.98. The van der Waals surface area contributed by atoms with Crippen LogP contribution in [0.15, 0.2) is 113 Å². The largest absolute Gasteiger partial charge is 0.480 e. The van der Waals surface area contributed by atoms with Crippen molar-refractivity contribution >= 4 is 21.9 Å². The van der Waals surface area contributed by atoms with Gasteiger partial charge in [-0.15, -0.1) is 0 Å². The van der Waals surface area contributed by atoms with Gasteiger partial charge in [0.25, 0.3) is 11.5 Å². The smallest absolute Gasteiger partial charge is 0.326 e. The maximum atomic E-state index is 13.6. The number of nitrogens with zero attached hydrogens (tertiary/aromatic N) is 1. The van der Waals surface area contributed by atoms with E-state index < -0.39 is 39.5 Å². The molecular formula is C32H33N3O6S. The van der Waals surface area contributed by atoms with E-state index in [1.807, 2.05) is 67.6 Å². The zero-order valence-electron chi connectivity index (χ0n) is 23.1. The molecule has 0 spiro atoms. The molecule has 0 unspecified atom stereocenters. The van der Waals surface area contributed by atoms with Crippen LogP contribution in [0.1, 0.15) is 52.4 Å². The van der Waals surface area contributed by atoms with Gasteiger partial charge in [0.05, 0.1) is 10.9 Å². The number of hydrogen-bond donors (Lipinski definition) is 3. The van der Waals surface area contributed by atoms with Gasteiger partial charge < -0.3 is 15.0 Å². The van der Waals surface area contributed by atoms with E-state index >= 15 is 0 Å². The summed E-state index contributed by atoms with van der Waals surface area (Å²) in [6, 6.07) is 26.5. The second kappa shape index (κ2) is 13.9. The van der Waals surface area contributed by atoms with Crippen LogP contribution in [0, 0.1) is 6.92 Å². The first-order valence-corrected chi connectivity index (χ1v) is 15.1. The number of aliphatic carboxylic acids is 1. The van der Waals surface area contributed by atoms with E-state index in [9.17, 15) is 27.9 Å². The minimum Gasteiger partial charge on any atom is -0.480 e. The second-order valence-corrected chi connectivity index (χ2v) is 11.7. The molecule has 1 amide bonds. The highest BCUT2D eigenvalue weighted by Gasteiger charge is 2.24. The summed E-state index contributed by atoms with van der Waals surface area (Å²) in [4.78, 5) is 38.8. The fourth-order valence-corrected chi connectivity index (χ4v) is 5.72. The van der Waals surface area contributed by atoms with Crippen LogP contribution < -0.4 is 15.6 Å². The number of rotatable bonds is 13. The number of unbranched alkanes of at least 4 members (excludes halogenated alkanes) is 1. The first kappa shape index (κ1) is 30.4. The Morgan fingerprint density at radius 3 is 2.00 bits per heavy atom. The Hall–Kier alpha value is -4.54. The molecule has 0 saturated heterocycles. The summed E-state index contributed by atoms with van der Waals surface area (Å²) >= 11 is 0. The predicted octanol–water partition coefficient (Wildman–Crippen LogP) is 4.13. The summed E-state index contributed by atoms with van der Waals surface area (Å²) in [6.45, 7) is 1.97. The number of sulfonamides is 1. The van der Waals surface area contributed by atoms with Gasteiger partial charge in [0.15, 0.2) is 0 Å². The third-order valence-electron chi connectivity index (χ3n) is 6.87. The number of nitrogens with one attached hydrogen (secondary N) is 2. The van der Waals surface area contributed by atoms with Crippen molar-refractivity contribution in [3.05, 3.63) is 136 Å². The molecule has 42 heavy (non-hydrogen) atoms. The number of carbonyl (C=O) groups excluding carboxylic acids is 1. The van der Waals surface area contributed by atoms with Crippen LogP contribution in [0.4, 0.5) is 0 Å². The third kappa shape index (κ3) is 7.59. The molecular weight excluding hydrogens is 554 g/mol. The maximum absolute atomic E-state index is 13.6. The van der Waals surface area contributed by atoms with Gasteiger partial charge in [0.2, 0.25) is 10.0 Å². The Labute approximate surface area is 244 Å². The Morgan fingerprint density at radius 2 is 1.43 bits per heavy atom. The van der Waals surface area contributed by atoms with Gasteiger partial charge in [-0.3, -0.25) is 9.59 Å². The van der Waals surface area contributed by atoms with Gasteiger partial charge in [-0.25, -0.2) is 17.9 Å². The van der Waals surface area contributed by atoms with Gasteiger partial charge in [0, 0.05) is 12.7 Å². The Balaban J connectivity index is 1.43. The van der Waals surface area contributed by atoms with Crippen molar-refractivity contribution in [1.82, 2.24) is 14.6 Å². The van der Waals surface area contributed by atoms with Crippen molar-refractivity contribution in [3.8, 4) is 0 Å². The van der Waals surface area contributed by atoms with E-state index in [0.717, 1.165) is 16.7 Å². The summed E-state index contributed by atoms with van der Waals surface area (Å²) < 4.78 is 28.9. The van der Waals surface area contributed by atoms with Crippen LogP contribution in [-0.4, -0.2) is 42.6 Å². The lowest BCUT2D eigenvalue weighted by Gasteiger charge is -2.22. The average Bonchev–Trinajstić information content (AvgIpc) is 2.98. The molecule has 4 aromatic rings. The van der Waals surface area contributed by atoms with Crippen molar-refractivity contribution in [1.29, 1.82) is 0 Å². The molecule has 3 N–H and O–H groups in total. The summed E-state index contributed by atoms with van der Waals surface area (Å²) in [6.07, 6.45) is 2.36. The van der Waals surface area contributed by atoms with E-state index in [-0.39, 0.29) is 23.4 Å². The number of benzene rings is 3. The van der Waals surface area contributed by atoms with E-state index in [2.05, 4.69) is 10.0 Å². The zero-order chi connectivity index (χ0) is 30.1. The Kier molecular flexibility index (Phi) is 10.1. The van der Waals surface area contributed by atoms with Crippen LogP contribution in [-0.2, 0) is 14.8 Å². The molecule has 1 heterocycles. The molecule has 0 saturated carbocycles. The van der Waals surface area contributed by atoms with Crippen molar-refractivity contribution in [2.24, 2.45) is 0 Å². The van der Waals surface area contributed by atoms with Crippen LogP contribution in [0.25, 0.3) is 0 Å². The van der Waals surface area contributed by atoms with Crippen molar-refractivity contribution < 1.29 is 23.1 Å². The first-order chi connectivity index (χ1) is 20.2. The standard InChI is InChI=1S/C32H33N3O6S/c1-23-17-19-26(20-18-23)42(40,41)33-21-9-8-16-28(32(38)39)34-30(36)27-15-10-22-35(31(27)37)29(24-11-4-2-5-12-24)25-13-6-3-7-14-25/h2-7,10-15,17-20,22,28-29,33H,8-9,16,21H2,1H3,(H,34,36)(H,38,39)/t28-/m0/s1. The number of carbonyl (C=O) groups is 2. The second-order valence-electron chi connectivity index (χ2n) is 9.93. The number of hydrogen-bond acceptors (Lipinski definition) is 5. The molecule has 3 aromatic carbocycles. The summed E-state index contributed by atoms with van der Waals surface area (Å²) in [5.74, 6) is -2.03.